The van der Waals surface area contributed by atoms with Crippen LogP contribution in [0.25, 0.3) is 0 Å². The summed E-state index contributed by atoms with van der Waals surface area (Å²) in [5.41, 5.74) is 0.644. The number of hydrogen-bond donors (Lipinski definition) is 1. The molecule has 122 valence electrons. The third kappa shape index (κ3) is 3.55. The van der Waals surface area contributed by atoms with Crippen molar-refractivity contribution in [2.45, 2.75) is 44.1 Å². The summed E-state index contributed by atoms with van der Waals surface area (Å²) in [4.78, 5) is 12.9. The van der Waals surface area contributed by atoms with Crippen LogP contribution >= 0.6 is 11.6 Å². The summed E-state index contributed by atoms with van der Waals surface area (Å²) in [7, 11) is 0. The Morgan fingerprint density at radius 1 is 1.22 bits per heavy atom. The van der Waals surface area contributed by atoms with Gasteiger partial charge in [-0.1, -0.05) is 48.2 Å². The van der Waals surface area contributed by atoms with E-state index in [1.54, 1.807) is 17.1 Å². The van der Waals surface area contributed by atoms with Crippen LogP contribution in [0.2, 0.25) is 5.02 Å². The molecule has 0 spiro atoms. The predicted molar refractivity (Wildman–Crippen MR) is 89.2 cm³/mol. The molecule has 0 atom stereocenters. The normalized spacial score (nSPS) is 16.9. The number of nitrogens with zero attached hydrogens (tertiary/aromatic N) is 3. The van der Waals surface area contributed by atoms with Gasteiger partial charge in [0.1, 0.15) is 0 Å². The molecule has 1 fully saturated rings. The van der Waals surface area contributed by atoms with E-state index in [-0.39, 0.29) is 5.91 Å². The summed E-state index contributed by atoms with van der Waals surface area (Å²) < 4.78 is 1.72. The first kappa shape index (κ1) is 16.0. The number of benzene rings is 1. The second kappa shape index (κ2) is 7.13. The fraction of sp³-hybridized carbons (Fsp3) is 0.471. The highest BCUT2D eigenvalue weighted by Gasteiger charge is 2.40. The second-order valence-electron chi connectivity index (χ2n) is 6.07. The molecule has 1 saturated carbocycles. The lowest BCUT2D eigenvalue weighted by Crippen LogP contribution is -2.46. The number of rotatable bonds is 5. The molecule has 2 aromatic rings. The first-order chi connectivity index (χ1) is 11.2. The summed E-state index contributed by atoms with van der Waals surface area (Å²) in [5.74, 6) is 0.111. The number of carbonyl (C=O) groups is 1. The van der Waals surface area contributed by atoms with E-state index in [2.05, 4.69) is 15.6 Å². The molecule has 0 saturated heterocycles. The van der Waals surface area contributed by atoms with Gasteiger partial charge in [-0.25, -0.2) is 0 Å². The van der Waals surface area contributed by atoms with E-state index in [0.29, 0.717) is 18.1 Å². The largest absolute Gasteiger partial charge is 0.353 e. The first-order valence-corrected chi connectivity index (χ1v) is 8.47. The fourth-order valence-electron chi connectivity index (χ4n) is 3.38. The number of amides is 1. The standard InChI is InChI=1S/C17H21ClN4O/c18-15-6-4-14(5-7-15)17(8-2-1-3-9-17)16(23)19-10-12-22-13-11-20-21-22/h4-7,11,13H,1-3,8-10,12H2,(H,19,23). The Morgan fingerprint density at radius 3 is 2.61 bits per heavy atom. The highest BCUT2D eigenvalue weighted by Crippen LogP contribution is 2.40. The maximum atomic E-state index is 12.9. The molecule has 0 bridgehead atoms. The van der Waals surface area contributed by atoms with Crippen molar-refractivity contribution in [2.75, 3.05) is 6.54 Å². The van der Waals surface area contributed by atoms with Crippen molar-refractivity contribution >= 4 is 17.5 Å². The van der Waals surface area contributed by atoms with Crippen LogP contribution in [0.4, 0.5) is 0 Å². The molecule has 1 aliphatic rings. The second-order valence-corrected chi connectivity index (χ2v) is 6.51. The van der Waals surface area contributed by atoms with Crippen molar-refractivity contribution in [2.24, 2.45) is 0 Å². The van der Waals surface area contributed by atoms with E-state index < -0.39 is 5.41 Å². The molecule has 1 N–H and O–H groups in total. The summed E-state index contributed by atoms with van der Waals surface area (Å²) in [6.07, 6.45) is 8.58. The van der Waals surface area contributed by atoms with Gasteiger partial charge >= 0.3 is 0 Å². The maximum absolute atomic E-state index is 12.9. The minimum Gasteiger partial charge on any atom is -0.353 e. The Balaban J connectivity index is 1.72. The molecule has 1 amide bonds. The van der Waals surface area contributed by atoms with Crippen molar-refractivity contribution in [3.63, 3.8) is 0 Å². The summed E-state index contributed by atoms with van der Waals surface area (Å²) in [5, 5.41) is 11.5. The molecular weight excluding hydrogens is 312 g/mol. The zero-order chi connectivity index (χ0) is 16.1. The minimum absolute atomic E-state index is 0.111. The van der Waals surface area contributed by atoms with Gasteiger partial charge in [-0.2, -0.15) is 0 Å². The van der Waals surface area contributed by atoms with Gasteiger partial charge in [0.25, 0.3) is 0 Å². The van der Waals surface area contributed by atoms with Crippen molar-refractivity contribution in [3.05, 3.63) is 47.2 Å². The van der Waals surface area contributed by atoms with E-state index in [1.807, 2.05) is 24.3 Å². The topological polar surface area (TPSA) is 59.8 Å². The van der Waals surface area contributed by atoms with Crippen LogP contribution in [0.5, 0.6) is 0 Å². The van der Waals surface area contributed by atoms with E-state index in [1.165, 1.54) is 6.42 Å². The number of carbonyl (C=O) groups excluding carboxylic acids is 1. The van der Waals surface area contributed by atoms with Crippen LogP contribution in [0.15, 0.2) is 36.7 Å². The van der Waals surface area contributed by atoms with E-state index in [4.69, 9.17) is 11.6 Å². The van der Waals surface area contributed by atoms with E-state index >= 15 is 0 Å². The van der Waals surface area contributed by atoms with Gasteiger partial charge in [-0.15, -0.1) is 5.10 Å². The third-order valence-corrected chi connectivity index (χ3v) is 4.89. The zero-order valence-corrected chi connectivity index (χ0v) is 13.8. The van der Waals surface area contributed by atoms with Gasteiger partial charge in [-0.05, 0) is 30.5 Å². The van der Waals surface area contributed by atoms with Crippen LogP contribution in [0.1, 0.15) is 37.7 Å². The molecular formula is C17H21ClN4O. The average Bonchev–Trinajstić information content (AvgIpc) is 3.09. The molecule has 0 unspecified atom stereocenters. The number of nitrogens with one attached hydrogen (secondary N) is 1. The quantitative estimate of drug-likeness (QED) is 0.915. The summed E-state index contributed by atoms with van der Waals surface area (Å²) in [6.45, 7) is 1.18. The molecule has 1 aromatic heterocycles. The van der Waals surface area contributed by atoms with Gasteiger partial charge in [-0.3, -0.25) is 9.48 Å². The average molecular weight is 333 g/mol. The van der Waals surface area contributed by atoms with Gasteiger partial charge in [0, 0.05) is 17.8 Å². The van der Waals surface area contributed by atoms with Gasteiger partial charge in [0.2, 0.25) is 5.91 Å². The molecule has 1 heterocycles. The number of halogens is 1. The molecule has 0 aliphatic heterocycles. The van der Waals surface area contributed by atoms with E-state index in [0.717, 1.165) is 31.2 Å². The molecule has 1 aromatic carbocycles. The number of aromatic nitrogens is 3. The smallest absolute Gasteiger partial charge is 0.230 e. The maximum Gasteiger partial charge on any atom is 0.230 e. The lowest BCUT2D eigenvalue weighted by Gasteiger charge is -2.36. The van der Waals surface area contributed by atoms with Crippen LogP contribution in [-0.4, -0.2) is 27.4 Å². The molecule has 3 rings (SSSR count). The molecule has 23 heavy (non-hydrogen) atoms. The molecule has 0 radical (unpaired) electrons. The SMILES string of the molecule is O=C(NCCn1ccnn1)C1(c2ccc(Cl)cc2)CCCCC1. The first-order valence-electron chi connectivity index (χ1n) is 8.09. The Labute approximate surface area is 141 Å². The molecule has 6 heteroatoms. The monoisotopic (exact) mass is 332 g/mol. The third-order valence-electron chi connectivity index (χ3n) is 4.64. The molecule has 1 aliphatic carbocycles. The Morgan fingerprint density at radius 2 is 1.96 bits per heavy atom. The van der Waals surface area contributed by atoms with Crippen molar-refractivity contribution < 1.29 is 4.79 Å². The lowest BCUT2D eigenvalue weighted by atomic mass is 9.68. The Bertz CT molecular complexity index is 633. The highest BCUT2D eigenvalue weighted by atomic mass is 35.5. The summed E-state index contributed by atoms with van der Waals surface area (Å²) in [6, 6.07) is 7.72. The predicted octanol–water partition coefficient (Wildman–Crippen LogP) is 2.95. The Hall–Kier alpha value is -1.88. The van der Waals surface area contributed by atoms with Crippen molar-refractivity contribution in [3.8, 4) is 0 Å². The van der Waals surface area contributed by atoms with Crippen molar-refractivity contribution in [1.82, 2.24) is 20.3 Å². The van der Waals surface area contributed by atoms with Crippen LogP contribution in [-0.2, 0) is 16.8 Å². The lowest BCUT2D eigenvalue weighted by molar-refractivity contribution is -0.128. The zero-order valence-electron chi connectivity index (χ0n) is 13.0. The number of hydrogen-bond acceptors (Lipinski definition) is 3. The van der Waals surface area contributed by atoms with E-state index in [9.17, 15) is 4.79 Å². The van der Waals surface area contributed by atoms with Gasteiger partial charge in [0.15, 0.2) is 0 Å². The van der Waals surface area contributed by atoms with Crippen molar-refractivity contribution in [1.29, 1.82) is 0 Å². The Kier molecular flexibility index (Phi) is 4.96. The van der Waals surface area contributed by atoms with Gasteiger partial charge < -0.3 is 5.32 Å². The fourth-order valence-corrected chi connectivity index (χ4v) is 3.50. The van der Waals surface area contributed by atoms with Gasteiger partial charge in [0.05, 0.1) is 18.2 Å². The van der Waals surface area contributed by atoms with Crippen LogP contribution in [0, 0.1) is 0 Å². The molecule has 5 nitrogen and oxygen atoms in total. The van der Waals surface area contributed by atoms with Crippen LogP contribution < -0.4 is 5.32 Å². The summed E-state index contributed by atoms with van der Waals surface area (Å²) >= 11 is 6.00. The highest BCUT2D eigenvalue weighted by molar-refractivity contribution is 6.30. The van der Waals surface area contributed by atoms with Crippen LogP contribution in [0.3, 0.4) is 0 Å². The minimum atomic E-state index is -0.425.